The van der Waals surface area contributed by atoms with Crippen molar-refractivity contribution in [3.8, 4) is 17.0 Å². The molecule has 3 aromatic heterocycles. The van der Waals surface area contributed by atoms with Gasteiger partial charge >= 0.3 is 0 Å². The molecule has 136 valence electrons. The first-order valence-corrected chi connectivity index (χ1v) is 8.67. The second-order valence-corrected chi connectivity index (χ2v) is 6.52. The van der Waals surface area contributed by atoms with E-state index >= 15 is 0 Å². The molecule has 1 fully saturated rings. The van der Waals surface area contributed by atoms with Crippen molar-refractivity contribution < 1.29 is 9.13 Å². The molecule has 0 aliphatic heterocycles. The molecule has 1 saturated carbocycles. The Hall–Kier alpha value is -3.36. The molecule has 1 aliphatic rings. The Morgan fingerprint density at radius 3 is 2.85 bits per heavy atom. The Morgan fingerprint density at radius 1 is 1.26 bits per heavy atom. The fourth-order valence-corrected chi connectivity index (χ4v) is 3.09. The lowest BCUT2D eigenvalue weighted by molar-refractivity contribution is 0.278. The van der Waals surface area contributed by atoms with Crippen LogP contribution in [0.25, 0.3) is 16.6 Å². The van der Waals surface area contributed by atoms with Crippen molar-refractivity contribution in [3.05, 3.63) is 54.3 Å². The Balaban J connectivity index is 1.66. The third-order valence-corrected chi connectivity index (χ3v) is 4.68. The molecule has 27 heavy (non-hydrogen) atoms. The Bertz CT molecular complexity index is 1130. The average Bonchev–Trinajstić information content (AvgIpc) is 3.34. The lowest BCUT2D eigenvalue weighted by Gasteiger charge is -2.06. The maximum absolute atomic E-state index is 14.6. The number of hydrogen-bond donors (Lipinski definition) is 0. The topological polar surface area (TPSA) is 83.0 Å². The third kappa shape index (κ3) is 2.71. The summed E-state index contributed by atoms with van der Waals surface area (Å²) in [6, 6.07) is 6.56. The maximum atomic E-state index is 14.6. The maximum Gasteiger partial charge on any atom is 0.242 e. The summed E-state index contributed by atoms with van der Waals surface area (Å²) in [6.45, 7) is 0.168. The van der Waals surface area contributed by atoms with E-state index in [0.717, 1.165) is 18.7 Å². The van der Waals surface area contributed by atoms with E-state index in [4.69, 9.17) is 4.74 Å². The van der Waals surface area contributed by atoms with Crippen molar-refractivity contribution in [2.75, 3.05) is 0 Å². The molecular formula is C18H16FN7O. The summed E-state index contributed by atoms with van der Waals surface area (Å²) in [5.41, 5.74) is 1.65. The number of rotatable bonds is 5. The lowest BCUT2D eigenvalue weighted by Crippen LogP contribution is -2.05. The van der Waals surface area contributed by atoms with Crippen LogP contribution in [0.15, 0.2) is 36.8 Å². The first kappa shape index (κ1) is 15.9. The molecule has 3 heterocycles. The van der Waals surface area contributed by atoms with Crippen LogP contribution in [0.4, 0.5) is 4.39 Å². The average molecular weight is 365 g/mol. The highest BCUT2D eigenvalue weighted by atomic mass is 19.1. The molecule has 9 heteroatoms. The van der Waals surface area contributed by atoms with E-state index in [2.05, 4.69) is 25.4 Å². The number of hydrogen-bond acceptors (Lipinski definition) is 6. The smallest absolute Gasteiger partial charge is 0.242 e. The fourth-order valence-electron chi connectivity index (χ4n) is 3.09. The first-order chi connectivity index (χ1) is 13.2. The standard InChI is InChI=1S/C18H16FN7O/c1-25-15(20-10-22-25)9-27-18-16(12-4-2-3-5-13(12)19)14-8-21-23-17(11-6-7-11)26(14)24-18/h2-5,8,10-11H,6-7,9H2,1H3. The van der Waals surface area contributed by atoms with E-state index in [-0.39, 0.29) is 12.4 Å². The van der Waals surface area contributed by atoms with Gasteiger partial charge in [-0.25, -0.2) is 13.9 Å². The molecule has 0 N–H and O–H groups in total. The Kier molecular flexibility index (Phi) is 3.59. The molecule has 1 aliphatic carbocycles. The van der Waals surface area contributed by atoms with Crippen LogP contribution in [0.3, 0.4) is 0 Å². The van der Waals surface area contributed by atoms with E-state index in [1.54, 1.807) is 40.6 Å². The van der Waals surface area contributed by atoms with Crippen molar-refractivity contribution in [2.45, 2.75) is 25.4 Å². The normalized spacial score (nSPS) is 14.0. The molecule has 0 atom stereocenters. The Morgan fingerprint density at radius 2 is 2.11 bits per heavy atom. The van der Waals surface area contributed by atoms with Gasteiger partial charge in [-0.2, -0.15) is 10.2 Å². The van der Waals surface area contributed by atoms with Gasteiger partial charge in [0.2, 0.25) is 5.88 Å². The van der Waals surface area contributed by atoms with Crippen molar-refractivity contribution in [1.29, 1.82) is 0 Å². The number of ether oxygens (including phenoxy) is 1. The van der Waals surface area contributed by atoms with Crippen LogP contribution in [-0.4, -0.2) is 34.6 Å². The van der Waals surface area contributed by atoms with Crippen LogP contribution in [0.5, 0.6) is 5.88 Å². The van der Waals surface area contributed by atoms with Crippen molar-refractivity contribution >= 4 is 5.52 Å². The lowest BCUT2D eigenvalue weighted by atomic mass is 10.1. The predicted molar refractivity (Wildman–Crippen MR) is 93.5 cm³/mol. The molecule has 0 saturated heterocycles. The first-order valence-electron chi connectivity index (χ1n) is 8.67. The summed E-state index contributed by atoms with van der Waals surface area (Å²) in [5, 5.41) is 17.0. The molecule has 0 spiro atoms. The summed E-state index contributed by atoms with van der Waals surface area (Å²) >= 11 is 0. The van der Waals surface area contributed by atoms with Gasteiger partial charge in [-0.1, -0.05) is 18.2 Å². The zero-order chi connectivity index (χ0) is 18.4. The second-order valence-electron chi connectivity index (χ2n) is 6.52. The SMILES string of the molecule is Cn1ncnc1COc1nn2c(C3CC3)nncc2c1-c1ccccc1F. The van der Waals surface area contributed by atoms with Crippen molar-refractivity contribution in [3.63, 3.8) is 0 Å². The molecule has 1 aromatic carbocycles. The van der Waals surface area contributed by atoms with Crippen LogP contribution in [-0.2, 0) is 13.7 Å². The summed E-state index contributed by atoms with van der Waals surface area (Å²) < 4.78 is 23.8. The van der Waals surface area contributed by atoms with Gasteiger partial charge in [-0.05, 0) is 18.9 Å². The summed E-state index contributed by atoms with van der Waals surface area (Å²) in [6.07, 6.45) is 5.16. The highest BCUT2D eigenvalue weighted by molar-refractivity contribution is 5.84. The van der Waals surface area contributed by atoms with E-state index in [9.17, 15) is 4.39 Å². The molecule has 8 nitrogen and oxygen atoms in total. The molecule has 5 rings (SSSR count). The van der Waals surface area contributed by atoms with E-state index < -0.39 is 0 Å². The number of aromatic nitrogens is 7. The van der Waals surface area contributed by atoms with E-state index in [0.29, 0.717) is 34.3 Å². The highest BCUT2D eigenvalue weighted by Gasteiger charge is 2.30. The zero-order valence-corrected chi connectivity index (χ0v) is 14.6. The van der Waals surface area contributed by atoms with Gasteiger partial charge in [0.15, 0.2) is 11.6 Å². The molecule has 0 bridgehead atoms. The minimum atomic E-state index is -0.347. The number of halogens is 1. The summed E-state index contributed by atoms with van der Waals surface area (Å²) in [5.74, 6) is 1.73. The van der Waals surface area contributed by atoms with Crippen molar-refractivity contribution in [1.82, 2.24) is 34.6 Å². The van der Waals surface area contributed by atoms with E-state index in [1.807, 2.05) is 0 Å². The van der Waals surface area contributed by atoms with Crippen LogP contribution < -0.4 is 4.74 Å². The summed E-state index contributed by atoms with van der Waals surface area (Å²) in [7, 11) is 1.78. The third-order valence-electron chi connectivity index (χ3n) is 4.68. The summed E-state index contributed by atoms with van der Waals surface area (Å²) in [4.78, 5) is 4.15. The number of aryl methyl sites for hydroxylation is 1. The van der Waals surface area contributed by atoms with Gasteiger partial charge in [0.25, 0.3) is 0 Å². The predicted octanol–water partition coefficient (Wildman–Crippen LogP) is 2.52. The van der Waals surface area contributed by atoms with Crippen LogP contribution in [0.1, 0.15) is 30.4 Å². The Labute approximate surface area is 153 Å². The van der Waals surface area contributed by atoms with Gasteiger partial charge < -0.3 is 4.74 Å². The molecule has 0 amide bonds. The van der Waals surface area contributed by atoms with Gasteiger partial charge in [0.05, 0.1) is 11.8 Å². The number of fused-ring (bicyclic) bond motifs is 1. The number of nitrogens with zero attached hydrogens (tertiary/aromatic N) is 7. The largest absolute Gasteiger partial charge is 0.468 e. The van der Waals surface area contributed by atoms with Crippen molar-refractivity contribution in [2.24, 2.45) is 7.05 Å². The highest BCUT2D eigenvalue weighted by Crippen LogP contribution is 2.41. The van der Waals surface area contributed by atoms with Gasteiger partial charge in [0.1, 0.15) is 24.3 Å². The zero-order valence-electron chi connectivity index (χ0n) is 14.6. The number of benzene rings is 1. The second kappa shape index (κ2) is 6.11. The molecular weight excluding hydrogens is 349 g/mol. The molecule has 4 aromatic rings. The molecule has 0 unspecified atom stereocenters. The molecule has 0 radical (unpaired) electrons. The van der Waals surface area contributed by atoms with Crippen LogP contribution in [0, 0.1) is 5.82 Å². The minimum Gasteiger partial charge on any atom is -0.468 e. The van der Waals surface area contributed by atoms with Gasteiger partial charge in [-0.3, -0.25) is 4.68 Å². The monoisotopic (exact) mass is 365 g/mol. The van der Waals surface area contributed by atoms with Gasteiger partial charge in [-0.15, -0.1) is 10.2 Å². The van der Waals surface area contributed by atoms with E-state index in [1.165, 1.54) is 12.4 Å². The fraction of sp³-hybridized carbons (Fsp3) is 0.278. The minimum absolute atomic E-state index is 0.168. The van der Waals surface area contributed by atoms with Gasteiger partial charge in [0, 0.05) is 18.5 Å². The van der Waals surface area contributed by atoms with Crippen LogP contribution >= 0.6 is 0 Å². The quantitative estimate of drug-likeness (QED) is 0.540. The van der Waals surface area contributed by atoms with Crippen LogP contribution in [0.2, 0.25) is 0 Å².